The normalized spacial score (nSPS) is 17.6. The predicted octanol–water partition coefficient (Wildman–Crippen LogP) is 2.58. The molecule has 0 aromatic heterocycles. The molecule has 1 atom stereocenters. The van der Waals surface area contributed by atoms with Crippen molar-refractivity contribution in [2.75, 3.05) is 13.6 Å². The molecule has 1 N–H and O–H groups in total. The second kappa shape index (κ2) is 6.29. The van der Waals surface area contributed by atoms with E-state index in [1.165, 1.54) is 5.56 Å². The molecule has 0 heterocycles. The molecule has 2 rings (SSSR count). The molecular weight excluding hydrogens is 266 g/mol. The lowest BCUT2D eigenvalue weighted by Crippen LogP contribution is -2.49. The van der Waals surface area contributed by atoms with Gasteiger partial charge in [-0.1, -0.05) is 43.7 Å². The monoisotopic (exact) mass is 289 g/mol. The standard InChI is InChI=1S/C17H23NO3/c1-13(15(19)20)12-18(2)16(21)17(9-6-10-17)11-14-7-4-3-5-8-14/h3-5,7-8,13H,6,9-12H2,1-2H3,(H,19,20). The molecule has 0 bridgehead atoms. The molecule has 114 valence electrons. The molecule has 1 aliphatic carbocycles. The number of carboxylic acids is 1. The predicted molar refractivity (Wildman–Crippen MR) is 80.9 cm³/mol. The summed E-state index contributed by atoms with van der Waals surface area (Å²) in [6, 6.07) is 10.0. The van der Waals surface area contributed by atoms with Crippen molar-refractivity contribution in [2.24, 2.45) is 11.3 Å². The Morgan fingerprint density at radius 2 is 1.90 bits per heavy atom. The van der Waals surface area contributed by atoms with Gasteiger partial charge in [0.2, 0.25) is 5.91 Å². The largest absolute Gasteiger partial charge is 0.481 e. The van der Waals surface area contributed by atoms with Gasteiger partial charge in [0.15, 0.2) is 0 Å². The Labute approximate surface area is 125 Å². The van der Waals surface area contributed by atoms with Gasteiger partial charge >= 0.3 is 5.97 Å². The van der Waals surface area contributed by atoms with Crippen molar-refractivity contribution in [1.82, 2.24) is 4.90 Å². The quantitative estimate of drug-likeness (QED) is 0.875. The van der Waals surface area contributed by atoms with E-state index in [4.69, 9.17) is 5.11 Å². The van der Waals surface area contributed by atoms with Gasteiger partial charge in [-0.25, -0.2) is 0 Å². The van der Waals surface area contributed by atoms with Gasteiger partial charge in [0, 0.05) is 13.6 Å². The molecule has 0 saturated heterocycles. The van der Waals surface area contributed by atoms with Crippen molar-refractivity contribution in [3.05, 3.63) is 35.9 Å². The van der Waals surface area contributed by atoms with Crippen LogP contribution in [-0.4, -0.2) is 35.5 Å². The molecular formula is C17H23NO3. The molecule has 0 aliphatic heterocycles. The topological polar surface area (TPSA) is 57.6 Å². The van der Waals surface area contributed by atoms with Crippen molar-refractivity contribution in [1.29, 1.82) is 0 Å². The van der Waals surface area contributed by atoms with Gasteiger partial charge in [-0.05, 0) is 24.8 Å². The molecule has 1 fully saturated rings. The fourth-order valence-electron chi connectivity index (χ4n) is 3.03. The van der Waals surface area contributed by atoms with Gasteiger partial charge in [-0.15, -0.1) is 0 Å². The summed E-state index contributed by atoms with van der Waals surface area (Å²) in [7, 11) is 1.72. The number of aliphatic carboxylic acids is 1. The Hall–Kier alpha value is -1.84. The number of hydrogen-bond acceptors (Lipinski definition) is 2. The van der Waals surface area contributed by atoms with Gasteiger partial charge in [0.05, 0.1) is 11.3 Å². The lowest BCUT2D eigenvalue weighted by molar-refractivity contribution is -0.149. The molecule has 1 aliphatic rings. The number of nitrogens with zero attached hydrogens (tertiary/aromatic N) is 1. The number of carbonyl (C=O) groups excluding carboxylic acids is 1. The van der Waals surface area contributed by atoms with E-state index in [2.05, 4.69) is 0 Å². The Morgan fingerprint density at radius 1 is 1.29 bits per heavy atom. The lowest BCUT2D eigenvalue weighted by atomic mass is 9.64. The first-order chi connectivity index (χ1) is 9.94. The zero-order chi connectivity index (χ0) is 15.5. The summed E-state index contributed by atoms with van der Waals surface area (Å²) >= 11 is 0. The van der Waals surface area contributed by atoms with E-state index in [0.717, 1.165) is 25.7 Å². The van der Waals surface area contributed by atoms with Crippen LogP contribution in [0.25, 0.3) is 0 Å². The molecule has 1 unspecified atom stereocenters. The minimum absolute atomic E-state index is 0.0886. The number of benzene rings is 1. The number of carbonyl (C=O) groups is 2. The second-order valence-corrected chi connectivity index (χ2v) is 6.22. The van der Waals surface area contributed by atoms with Crippen LogP contribution >= 0.6 is 0 Å². The Bertz CT molecular complexity index is 508. The molecule has 0 radical (unpaired) electrons. The van der Waals surface area contributed by atoms with E-state index in [1.54, 1.807) is 18.9 Å². The van der Waals surface area contributed by atoms with Crippen LogP contribution in [0.2, 0.25) is 0 Å². The minimum atomic E-state index is -0.861. The minimum Gasteiger partial charge on any atom is -0.481 e. The zero-order valence-corrected chi connectivity index (χ0v) is 12.7. The average molecular weight is 289 g/mol. The summed E-state index contributed by atoms with van der Waals surface area (Å²) in [6.45, 7) is 1.90. The van der Waals surface area contributed by atoms with Gasteiger partial charge in [-0.3, -0.25) is 9.59 Å². The van der Waals surface area contributed by atoms with Crippen LogP contribution in [-0.2, 0) is 16.0 Å². The summed E-state index contributed by atoms with van der Waals surface area (Å²) < 4.78 is 0. The zero-order valence-electron chi connectivity index (χ0n) is 12.7. The van der Waals surface area contributed by atoms with Crippen molar-refractivity contribution < 1.29 is 14.7 Å². The van der Waals surface area contributed by atoms with E-state index < -0.39 is 11.9 Å². The Kier molecular flexibility index (Phi) is 4.66. The summed E-state index contributed by atoms with van der Waals surface area (Å²) in [4.78, 5) is 25.3. The SMILES string of the molecule is CC(CN(C)C(=O)C1(Cc2ccccc2)CCC1)C(=O)O. The highest BCUT2D eigenvalue weighted by atomic mass is 16.4. The highest BCUT2D eigenvalue weighted by Crippen LogP contribution is 2.45. The van der Waals surface area contributed by atoms with Crippen molar-refractivity contribution in [2.45, 2.75) is 32.6 Å². The summed E-state index contributed by atoms with van der Waals surface area (Å²) in [5.41, 5.74) is 0.846. The molecule has 4 nitrogen and oxygen atoms in total. The number of carboxylic acid groups (broad SMARTS) is 1. The molecule has 21 heavy (non-hydrogen) atoms. The Balaban J connectivity index is 2.06. The van der Waals surface area contributed by atoms with Gasteiger partial charge < -0.3 is 10.0 Å². The maximum Gasteiger partial charge on any atom is 0.308 e. The highest BCUT2D eigenvalue weighted by molar-refractivity contribution is 5.84. The summed E-state index contributed by atoms with van der Waals surface area (Å²) in [5.74, 6) is -1.31. The maximum atomic E-state index is 12.7. The van der Waals surface area contributed by atoms with Crippen LogP contribution in [0, 0.1) is 11.3 Å². The third kappa shape index (κ3) is 3.43. The third-order valence-electron chi connectivity index (χ3n) is 4.47. The molecule has 1 aromatic rings. The van der Waals surface area contributed by atoms with Gasteiger partial charge in [-0.2, -0.15) is 0 Å². The number of amides is 1. The van der Waals surface area contributed by atoms with Gasteiger partial charge in [0.1, 0.15) is 0 Å². The van der Waals surface area contributed by atoms with E-state index in [9.17, 15) is 9.59 Å². The van der Waals surface area contributed by atoms with Crippen LogP contribution in [0.5, 0.6) is 0 Å². The number of rotatable bonds is 6. The van der Waals surface area contributed by atoms with Crippen LogP contribution in [0.15, 0.2) is 30.3 Å². The molecule has 4 heteroatoms. The average Bonchev–Trinajstić information content (AvgIpc) is 2.43. The Morgan fingerprint density at radius 3 is 2.38 bits per heavy atom. The van der Waals surface area contributed by atoms with Gasteiger partial charge in [0.25, 0.3) is 0 Å². The molecule has 1 aromatic carbocycles. The maximum absolute atomic E-state index is 12.7. The van der Waals surface area contributed by atoms with Crippen LogP contribution < -0.4 is 0 Å². The third-order valence-corrected chi connectivity index (χ3v) is 4.47. The molecule has 1 saturated carbocycles. The van der Waals surface area contributed by atoms with E-state index in [-0.39, 0.29) is 17.9 Å². The molecule has 1 amide bonds. The van der Waals surface area contributed by atoms with Crippen LogP contribution in [0.1, 0.15) is 31.7 Å². The second-order valence-electron chi connectivity index (χ2n) is 6.22. The van der Waals surface area contributed by atoms with E-state index >= 15 is 0 Å². The first kappa shape index (κ1) is 15.5. The first-order valence-corrected chi connectivity index (χ1v) is 7.47. The van der Waals surface area contributed by atoms with Crippen molar-refractivity contribution in [3.63, 3.8) is 0 Å². The fraction of sp³-hybridized carbons (Fsp3) is 0.529. The smallest absolute Gasteiger partial charge is 0.308 e. The highest BCUT2D eigenvalue weighted by Gasteiger charge is 2.45. The number of hydrogen-bond donors (Lipinski definition) is 1. The van der Waals surface area contributed by atoms with Crippen molar-refractivity contribution in [3.8, 4) is 0 Å². The van der Waals surface area contributed by atoms with Crippen LogP contribution in [0.3, 0.4) is 0 Å². The van der Waals surface area contributed by atoms with E-state index in [1.807, 2.05) is 30.3 Å². The van der Waals surface area contributed by atoms with Crippen molar-refractivity contribution >= 4 is 11.9 Å². The lowest BCUT2D eigenvalue weighted by Gasteiger charge is -2.43. The van der Waals surface area contributed by atoms with Crippen LogP contribution in [0.4, 0.5) is 0 Å². The fourth-order valence-corrected chi connectivity index (χ4v) is 3.03. The summed E-state index contributed by atoms with van der Waals surface area (Å²) in [5, 5.41) is 8.98. The van der Waals surface area contributed by atoms with E-state index in [0.29, 0.717) is 0 Å². The molecule has 0 spiro atoms. The summed E-state index contributed by atoms with van der Waals surface area (Å²) in [6.07, 6.45) is 3.61. The first-order valence-electron chi connectivity index (χ1n) is 7.47.